The zero-order valence-electron chi connectivity index (χ0n) is 16.8. The van der Waals surface area contributed by atoms with Gasteiger partial charge in [-0.15, -0.1) is 0 Å². The number of carbonyl (C=O) groups excluding carboxylic acids is 2. The first-order valence-corrected chi connectivity index (χ1v) is 11.8. The Morgan fingerprint density at radius 1 is 1.10 bits per heavy atom. The monoisotopic (exact) mass is 493 g/mol. The predicted octanol–water partition coefficient (Wildman–Crippen LogP) is 2.62. The summed E-state index contributed by atoms with van der Waals surface area (Å²) in [5.74, 6) is -0.410. The Kier molecular flexibility index (Phi) is 6.95. The molecule has 0 spiro atoms. The van der Waals surface area contributed by atoms with Crippen LogP contribution in [0.1, 0.15) is 28.8 Å². The van der Waals surface area contributed by atoms with Crippen molar-refractivity contribution in [2.45, 2.75) is 30.3 Å². The molecule has 1 aliphatic heterocycles. The first-order chi connectivity index (χ1) is 14.2. The van der Waals surface area contributed by atoms with Gasteiger partial charge in [0.2, 0.25) is 15.9 Å². The number of carbonyl (C=O) groups is 2. The summed E-state index contributed by atoms with van der Waals surface area (Å²) < 4.78 is 28.0. The minimum Gasteiger partial charge on any atom is -0.351 e. The van der Waals surface area contributed by atoms with Gasteiger partial charge >= 0.3 is 0 Å². The lowest BCUT2D eigenvalue weighted by molar-refractivity contribution is -0.124. The maximum Gasteiger partial charge on any atom is 0.253 e. The lowest BCUT2D eigenvalue weighted by Gasteiger charge is -2.23. The highest BCUT2D eigenvalue weighted by molar-refractivity contribution is 9.10. The number of nitrogens with one attached hydrogen (secondary N) is 1. The second-order valence-electron chi connectivity index (χ2n) is 7.34. The third-order valence-electron chi connectivity index (χ3n) is 5.00. The summed E-state index contributed by atoms with van der Waals surface area (Å²) in [7, 11) is -0.373. The van der Waals surface area contributed by atoms with Gasteiger partial charge in [-0.05, 0) is 54.8 Å². The largest absolute Gasteiger partial charge is 0.351 e. The molecule has 0 aromatic heterocycles. The van der Waals surface area contributed by atoms with Gasteiger partial charge in [-0.2, -0.15) is 4.31 Å². The molecule has 9 heteroatoms. The van der Waals surface area contributed by atoms with Crippen LogP contribution in [-0.4, -0.2) is 56.1 Å². The van der Waals surface area contributed by atoms with Crippen molar-refractivity contribution >= 4 is 37.8 Å². The normalized spacial score (nSPS) is 17.0. The molecule has 1 heterocycles. The molecule has 3 rings (SSSR count). The summed E-state index contributed by atoms with van der Waals surface area (Å²) in [6, 6.07) is 12.7. The van der Waals surface area contributed by atoms with Crippen molar-refractivity contribution in [3.05, 3.63) is 64.1 Å². The standard InChI is InChI=1S/C21H24BrN3O4S/c1-24(2)21(27)16-7-5-15(6-8-16)14-23-20(26)19-4-3-13-25(19)30(28,29)18-11-9-17(22)10-12-18/h5-12,19H,3-4,13-14H2,1-2H3,(H,23,26). The van der Waals surface area contributed by atoms with E-state index < -0.39 is 16.1 Å². The second-order valence-corrected chi connectivity index (χ2v) is 10.1. The van der Waals surface area contributed by atoms with Gasteiger partial charge in [0.1, 0.15) is 6.04 Å². The van der Waals surface area contributed by atoms with Crippen molar-refractivity contribution in [2.24, 2.45) is 0 Å². The van der Waals surface area contributed by atoms with Gasteiger partial charge in [0.15, 0.2) is 0 Å². The van der Waals surface area contributed by atoms with Crippen LogP contribution < -0.4 is 5.32 Å². The number of hydrogen-bond acceptors (Lipinski definition) is 4. The molecule has 2 aromatic rings. The fourth-order valence-corrected chi connectivity index (χ4v) is 5.28. The molecule has 1 N–H and O–H groups in total. The molecule has 0 radical (unpaired) electrons. The predicted molar refractivity (Wildman–Crippen MR) is 117 cm³/mol. The van der Waals surface area contributed by atoms with E-state index in [1.165, 1.54) is 21.3 Å². The highest BCUT2D eigenvalue weighted by atomic mass is 79.9. The van der Waals surface area contributed by atoms with Crippen molar-refractivity contribution in [2.75, 3.05) is 20.6 Å². The Morgan fingerprint density at radius 3 is 2.33 bits per heavy atom. The van der Waals surface area contributed by atoms with E-state index in [-0.39, 0.29) is 23.3 Å². The van der Waals surface area contributed by atoms with Crippen LogP contribution in [0.2, 0.25) is 0 Å². The van der Waals surface area contributed by atoms with Gasteiger partial charge in [-0.3, -0.25) is 9.59 Å². The maximum atomic E-state index is 13.0. The first kappa shape index (κ1) is 22.5. The van der Waals surface area contributed by atoms with Crippen LogP contribution >= 0.6 is 15.9 Å². The smallest absolute Gasteiger partial charge is 0.253 e. The Morgan fingerprint density at radius 2 is 1.73 bits per heavy atom. The van der Waals surface area contributed by atoms with Gasteiger partial charge in [0.25, 0.3) is 5.91 Å². The quantitative estimate of drug-likeness (QED) is 0.669. The molecule has 1 atom stereocenters. The van der Waals surface area contributed by atoms with E-state index in [2.05, 4.69) is 21.2 Å². The zero-order chi connectivity index (χ0) is 21.9. The van der Waals surface area contributed by atoms with Crippen LogP contribution in [0.25, 0.3) is 0 Å². The minimum atomic E-state index is -3.75. The summed E-state index contributed by atoms with van der Waals surface area (Å²) in [6.45, 7) is 0.579. The Labute approximate surface area is 185 Å². The molecule has 1 unspecified atom stereocenters. The van der Waals surface area contributed by atoms with Gasteiger partial charge in [0.05, 0.1) is 4.90 Å². The van der Waals surface area contributed by atoms with E-state index in [1.54, 1.807) is 50.5 Å². The van der Waals surface area contributed by atoms with Crippen molar-refractivity contribution in [3.8, 4) is 0 Å². The molecule has 0 saturated carbocycles. The first-order valence-electron chi connectivity index (χ1n) is 9.56. The van der Waals surface area contributed by atoms with Gasteiger partial charge in [-0.1, -0.05) is 28.1 Å². The zero-order valence-corrected chi connectivity index (χ0v) is 19.2. The summed E-state index contributed by atoms with van der Waals surface area (Å²) in [5, 5.41) is 2.83. The number of halogens is 1. The van der Waals surface area contributed by atoms with Crippen molar-refractivity contribution in [3.63, 3.8) is 0 Å². The Balaban J connectivity index is 1.66. The molecular formula is C21H24BrN3O4S. The topological polar surface area (TPSA) is 86.8 Å². The number of nitrogens with zero attached hydrogens (tertiary/aromatic N) is 2. The van der Waals surface area contributed by atoms with Gasteiger partial charge < -0.3 is 10.2 Å². The Bertz CT molecular complexity index is 1020. The van der Waals surface area contributed by atoms with Crippen molar-refractivity contribution in [1.29, 1.82) is 0 Å². The van der Waals surface area contributed by atoms with Crippen molar-refractivity contribution < 1.29 is 18.0 Å². The maximum absolute atomic E-state index is 13.0. The average Bonchev–Trinajstić information content (AvgIpc) is 3.23. The average molecular weight is 494 g/mol. The van der Waals surface area contributed by atoms with Crippen LogP contribution in [0.4, 0.5) is 0 Å². The van der Waals surface area contributed by atoms with Gasteiger partial charge in [0, 0.05) is 37.2 Å². The van der Waals surface area contributed by atoms with E-state index in [0.29, 0.717) is 24.9 Å². The van der Waals surface area contributed by atoms with Crippen LogP contribution in [0.5, 0.6) is 0 Å². The van der Waals surface area contributed by atoms with Crippen LogP contribution in [0, 0.1) is 0 Å². The highest BCUT2D eigenvalue weighted by Gasteiger charge is 2.39. The summed E-state index contributed by atoms with van der Waals surface area (Å²) >= 11 is 3.30. The molecule has 1 aliphatic rings. The molecule has 7 nitrogen and oxygen atoms in total. The number of sulfonamides is 1. The fourth-order valence-electron chi connectivity index (χ4n) is 3.36. The SMILES string of the molecule is CN(C)C(=O)c1ccc(CNC(=O)C2CCCN2S(=O)(=O)c2ccc(Br)cc2)cc1. The van der Waals surface area contributed by atoms with E-state index in [1.807, 2.05) is 0 Å². The second kappa shape index (κ2) is 9.28. The lowest BCUT2D eigenvalue weighted by atomic mass is 10.1. The molecule has 2 aromatic carbocycles. The molecule has 2 amide bonds. The fraction of sp³-hybridized carbons (Fsp3) is 0.333. The Hall–Kier alpha value is -2.23. The molecular weight excluding hydrogens is 470 g/mol. The van der Waals surface area contributed by atoms with E-state index in [0.717, 1.165) is 10.0 Å². The molecule has 30 heavy (non-hydrogen) atoms. The summed E-state index contributed by atoms with van der Waals surface area (Å²) in [5.41, 5.74) is 1.40. The highest BCUT2D eigenvalue weighted by Crippen LogP contribution is 2.27. The van der Waals surface area contributed by atoms with E-state index in [4.69, 9.17) is 0 Å². The number of amides is 2. The van der Waals surface area contributed by atoms with E-state index in [9.17, 15) is 18.0 Å². The molecule has 1 saturated heterocycles. The number of benzene rings is 2. The third-order valence-corrected chi connectivity index (χ3v) is 7.45. The molecule has 160 valence electrons. The third kappa shape index (κ3) is 4.91. The van der Waals surface area contributed by atoms with Crippen LogP contribution in [-0.2, 0) is 21.4 Å². The van der Waals surface area contributed by atoms with Gasteiger partial charge in [-0.25, -0.2) is 8.42 Å². The number of rotatable bonds is 6. The molecule has 0 bridgehead atoms. The van der Waals surface area contributed by atoms with E-state index >= 15 is 0 Å². The van der Waals surface area contributed by atoms with Crippen LogP contribution in [0.15, 0.2) is 57.9 Å². The van der Waals surface area contributed by atoms with Crippen LogP contribution in [0.3, 0.4) is 0 Å². The van der Waals surface area contributed by atoms with Crippen molar-refractivity contribution in [1.82, 2.24) is 14.5 Å². The summed E-state index contributed by atoms with van der Waals surface area (Å²) in [6.07, 6.45) is 1.12. The minimum absolute atomic E-state index is 0.0923. The molecule has 1 fully saturated rings. The lowest BCUT2D eigenvalue weighted by Crippen LogP contribution is -2.45. The number of hydrogen-bond donors (Lipinski definition) is 1. The summed E-state index contributed by atoms with van der Waals surface area (Å²) in [4.78, 5) is 26.4. The molecule has 0 aliphatic carbocycles.